The first kappa shape index (κ1) is 19.3. The summed E-state index contributed by atoms with van der Waals surface area (Å²) in [6.07, 6.45) is 3.21. The molecular formula is C22H19FN6O. The Morgan fingerprint density at radius 1 is 1.20 bits per heavy atom. The van der Waals surface area contributed by atoms with Gasteiger partial charge in [-0.2, -0.15) is 0 Å². The molecule has 2 heterocycles. The Balaban J connectivity index is 1.61. The second kappa shape index (κ2) is 7.75. The zero-order valence-electron chi connectivity index (χ0n) is 16.1. The van der Waals surface area contributed by atoms with Crippen molar-refractivity contribution in [3.05, 3.63) is 89.3 Å². The van der Waals surface area contributed by atoms with Crippen LogP contribution in [0, 0.1) is 11.2 Å². The van der Waals surface area contributed by atoms with E-state index in [1.54, 1.807) is 61.8 Å². The van der Waals surface area contributed by atoms with Gasteiger partial charge in [-0.1, -0.05) is 18.2 Å². The molecule has 7 nitrogen and oxygen atoms in total. The Morgan fingerprint density at radius 3 is 2.67 bits per heavy atom. The van der Waals surface area contributed by atoms with E-state index in [1.165, 1.54) is 6.07 Å². The van der Waals surface area contributed by atoms with Crippen LogP contribution < -0.4 is 11.1 Å². The lowest BCUT2D eigenvalue weighted by Gasteiger charge is -2.13. The van der Waals surface area contributed by atoms with Crippen LogP contribution in [-0.4, -0.2) is 26.6 Å². The van der Waals surface area contributed by atoms with Gasteiger partial charge in [0.15, 0.2) is 5.82 Å². The monoisotopic (exact) mass is 402 g/mol. The number of carbonyl (C=O) groups is 1. The third-order valence-corrected chi connectivity index (χ3v) is 4.83. The Labute approximate surface area is 171 Å². The van der Waals surface area contributed by atoms with Gasteiger partial charge >= 0.3 is 0 Å². The highest BCUT2D eigenvalue weighted by atomic mass is 19.1. The van der Waals surface area contributed by atoms with Crippen LogP contribution in [0.15, 0.2) is 60.9 Å². The van der Waals surface area contributed by atoms with Gasteiger partial charge in [0.1, 0.15) is 5.82 Å². The van der Waals surface area contributed by atoms with Crippen molar-refractivity contribution in [2.75, 3.05) is 5.73 Å². The zero-order chi connectivity index (χ0) is 21.3. The number of anilines is 1. The number of imidazole rings is 1. The number of halogens is 1. The van der Waals surface area contributed by atoms with Crippen molar-refractivity contribution < 1.29 is 9.18 Å². The van der Waals surface area contributed by atoms with E-state index in [1.807, 2.05) is 0 Å². The molecule has 1 atom stereocenters. The number of nitrogen functional groups attached to an aromatic ring is 1. The van der Waals surface area contributed by atoms with Crippen LogP contribution in [0.4, 0.5) is 10.1 Å². The second-order valence-electron chi connectivity index (χ2n) is 6.87. The molecule has 4 rings (SSSR count). The van der Waals surface area contributed by atoms with Gasteiger partial charge in [-0.3, -0.25) is 15.2 Å². The third-order valence-electron chi connectivity index (χ3n) is 4.83. The number of hydrogen-bond acceptors (Lipinski definition) is 5. The molecule has 0 fully saturated rings. The molecule has 0 aliphatic heterocycles. The van der Waals surface area contributed by atoms with E-state index in [-0.39, 0.29) is 17.4 Å². The maximum atomic E-state index is 14.0. The van der Waals surface area contributed by atoms with Crippen molar-refractivity contribution in [3.63, 3.8) is 0 Å². The standard InChI is InChI=1S/C22H19FN6O/c1-12(14-4-2-3-5-16(14)23)27-22(30)21-28-18-10-15(17(24)11-19(18)29-21)20(25)13-6-8-26-9-7-13/h2-12,25H,24H2,1H3,(H,27,30)(H,28,29). The molecule has 0 spiro atoms. The summed E-state index contributed by atoms with van der Waals surface area (Å²) in [6.45, 7) is 1.70. The molecule has 4 aromatic rings. The topological polar surface area (TPSA) is 121 Å². The summed E-state index contributed by atoms with van der Waals surface area (Å²) in [4.78, 5) is 23.9. The van der Waals surface area contributed by atoms with E-state index < -0.39 is 11.9 Å². The Bertz CT molecular complexity index is 1250. The number of aromatic amines is 1. The van der Waals surface area contributed by atoms with Crippen molar-refractivity contribution in [2.45, 2.75) is 13.0 Å². The summed E-state index contributed by atoms with van der Waals surface area (Å²) < 4.78 is 14.0. The van der Waals surface area contributed by atoms with Crippen LogP contribution in [-0.2, 0) is 0 Å². The molecule has 0 aliphatic rings. The first-order chi connectivity index (χ1) is 14.4. The maximum Gasteiger partial charge on any atom is 0.287 e. The number of pyridine rings is 1. The average Bonchev–Trinajstić information content (AvgIpc) is 3.16. The fraction of sp³-hybridized carbons (Fsp3) is 0.0909. The van der Waals surface area contributed by atoms with Gasteiger partial charge < -0.3 is 16.0 Å². The molecule has 0 saturated heterocycles. The predicted molar refractivity (Wildman–Crippen MR) is 113 cm³/mol. The third kappa shape index (κ3) is 3.62. The molecule has 5 N–H and O–H groups in total. The normalized spacial score (nSPS) is 11.9. The number of rotatable bonds is 5. The van der Waals surface area contributed by atoms with E-state index in [4.69, 9.17) is 11.1 Å². The molecule has 150 valence electrons. The van der Waals surface area contributed by atoms with Crippen molar-refractivity contribution in [3.8, 4) is 0 Å². The van der Waals surface area contributed by atoms with Gasteiger partial charge in [0.2, 0.25) is 0 Å². The second-order valence-corrected chi connectivity index (χ2v) is 6.87. The summed E-state index contributed by atoms with van der Waals surface area (Å²) in [7, 11) is 0. The van der Waals surface area contributed by atoms with Gasteiger partial charge in [-0.05, 0) is 37.3 Å². The number of benzene rings is 2. The highest BCUT2D eigenvalue weighted by Crippen LogP contribution is 2.23. The number of fused-ring (bicyclic) bond motifs is 1. The molecule has 0 saturated carbocycles. The number of aromatic nitrogens is 3. The Morgan fingerprint density at radius 2 is 1.93 bits per heavy atom. The van der Waals surface area contributed by atoms with Crippen LogP contribution in [0.25, 0.3) is 11.0 Å². The average molecular weight is 402 g/mol. The van der Waals surface area contributed by atoms with E-state index in [9.17, 15) is 9.18 Å². The van der Waals surface area contributed by atoms with Gasteiger partial charge in [-0.25, -0.2) is 9.37 Å². The predicted octanol–water partition coefficient (Wildman–Crippen LogP) is 3.59. The van der Waals surface area contributed by atoms with Crippen LogP contribution in [0.2, 0.25) is 0 Å². The van der Waals surface area contributed by atoms with E-state index in [2.05, 4.69) is 20.3 Å². The lowest BCUT2D eigenvalue weighted by molar-refractivity contribution is 0.0930. The van der Waals surface area contributed by atoms with Gasteiger partial charge in [0.25, 0.3) is 5.91 Å². The fourth-order valence-corrected chi connectivity index (χ4v) is 3.24. The lowest BCUT2D eigenvalue weighted by atomic mass is 10.0. The molecular weight excluding hydrogens is 383 g/mol. The Hall–Kier alpha value is -4.07. The quantitative estimate of drug-likeness (QED) is 0.301. The van der Waals surface area contributed by atoms with E-state index in [0.717, 1.165) is 0 Å². The van der Waals surface area contributed by atoms with Gasteiger partial charge in [-0.15, -0.1) is 0 Å². The van der Waals surface area contributed by atoms with Crippen LogP contribution in [0.5, 0.6) is 0 Å². The minimum atomic E-state index is -0.535. The van der Waals surface area contributed by atoms with E-state index in [0.29, 0.717) is 33.4 Å². The highest BCUT2D eigenvalue weighted by Gasteiger charge is 2.18. The first-order valence-corrected chi connectivity index (χ1v) is 9.28. The van der Waals surface area contributed by atoms with Crippen LogP contribution in [0.3, 0.4) is 0 Å². The van der Waals surface area contributed by atoms with Gasteiger partial charge in [0.05, 0.1) is 22.8 Å². The molecule has 2 aromatic carbocycles. The summed E-state index contributed by atoms with van der Waals surface area (Å²) >= 11 is 0. The first-order valence-electron chi connectivity index (χ1n) is 9.28. The Kier molecular flexibility index (Phi) is 4.97. The molecule has 30 heavy (non-hydrogen) atoms. The van der Waals surface area contributed by atoms with Crippen LogP contribution in [0.1, 0.15) is 40.3 Å². The summed E-state index contributed by atoms with van der Waals surface area (Å²) in [6, 6.07) is 12.5. The lowest BCUT2D eigenvalue weighted by Crippen LogP contribution is -2.28. The summed E-state index contributed by atoms with van der Waals surface area (Å²) in [5, 5.41) is 11.2. The fourth-order valence-electron chi connectivity index (χ4n) is 3.24. The number of nitrogens with zero attached hydrogens (tertiary/aromatic N) is 2. The molecule has 0 aliphatic carbocycles. The number of amides is 1. The molecule has 2 aromatic heterocycles. The number of nitrogens with one attached hydrogen (secondary N) is 3. The van der Waals surface area contributed by atoms with E-state index >= 15 is 0 Å². The zero-order valence-corrected chi connectivity index (χ0v) is 16.1. The van der Waals surface area contributed by atoms with Crippen molar-refractivity contribution >= 4 is 28.3 Å². The molecule has 1 unspecified atom stereocenters. The summed E-state index contributed by atoms with van der Waals surface area (Å²) in [5.74, 6) is -0.770. The SMILES string of the molecule is CC(NC(=O)c1nc2cc(C(=N)c3ccncc3)c(N)cc2[nH]1)c1ccccc1F. The summed E-state index contributed by atoms with van der Waals surface area (Å²) in [5.41, 5.74) is 9.40. The number of carbonyl (C=O) groups excluding carboxylic acids is 1. The maximum absolute atomic E-state index is 14.0. The molecule has 0 radical (unpaired) electrons. The molecule has 8 heteroatoms. The molecule has 0 bridgehead atoms. The minimum Gasteiger partial charge on any atom is -0.398 e. The largest absolute Gasteiger partial charge is 0.398 e. The minimum absolute atomic E-state index is 0.0835. The molecule has 1 amide bonds. The number of H-pyrrole nitrogens is 1. The van der Waals surface area contributed by atoms with Crippen LogP contribution >= 0.6 is 0 Å². The van der Waals surface area contributed by atoms with Crippen molar-refractivity contribution in [2.24, 2.45) is 0 Å². The number of hydrogen-bond donors (Lipinski definition) is 4. The highest BCUT2D eigenvalue weighted by molar-refractivity contribution is 6.15. The smallest absolute Gasteiger partial charge is 0.287 e. The van der Waals surface area contributed by atoms with Gasteiger partial charge in [0, 0.05) is 34.8 Å². The van der Waals surface area contributed by atoms with Crippen molar-refractivity contribution in [1.29, 1.82) is 5.41 Å². The number of nitrogens with two attached hydrogens (primary N) is 1. The van der Waals surface area contributed by atoms with Crippen molar-refractivity contribution in [1.82, 2.24) is 20.3 Å².